The van der Waals surface area contributed by atoms with Gasteiger partial charge in [-0.3, -0.25) is 4.79 Å². The van der Waals surface area contributed by atoms with Crippen molar-refractivity contribution in [3.8, 4) is 17.2 Å². The van der Waals surface area contributed by atoms with Crippen LogP contribution in [0.15, 0.2) is 42.5 Å². The first-order chi connectivity index (χ1) is 12.0. The van der Waals surface area contributed by atoms with E-state index in [2.05, 4.69) is 19.2 Å². The number of hydrogen-bond acceptors (Lipinski definition) is 4. The average molecular weight is 343 g/mol. The minimum absolute atomic E-state index is 0.243. The number of carbonyl (C=O) groups excluding carboxylic acids is 1. The smallest absolute Gasteiger partial charge is 0.259 e. The summed E-state index contributed by atoms with van der Waals surface area (Å²) < 4.78 is 16.1. The van der Waals surface area contributed by atoms with Gasteiger partial charge in [-0.1, -0.05) is 13.8 Å². The number of ether oxygens (including phenoxy) is 3. The van der Waals surface area contributed by atoms with Crippen LogP contribution in [0.4, 0.5) is 5.69 Å². The molecule has 0 spiro atoms. The molecule has 25 heavy (non-hydrogen) atoms. The van der Waals surface area contributed by atoms with Gasteiger partial charge in [0.2, 0.25) is 0 Å². The molecule has 0 aromatic heterocycles. The van der Waals surface area contributed by atoms with Gasteiger partial charge in [0.25, 0.3) is 5.91 Å². The van der Waals surface area contributed by atoms with Crippen LogP contribution in [0.2, 0.25) is 0 Å². The zero-order valence-electron chi connectivity index (χ0n) is 15.2. The summed E-state index contributed by atoms with van der Waals surface area (Å²) in [4.78, 5) is 12.5. The monoisotopic (exact) mass is 343 g/mol. The minimum Gasteiger partial charge on any atom is -0.497 e. The van der Waals surface area contributed by atoms with E-state index in [9.17, 15) is 4.79 Å². The molecule has 0 bridgehead atoms. The van der Waals surface area contributed by atoms with Crippen molar-refractivity contribution in [3.63, 3.8) is 0 Å². The predicted octanol–water partition coefficient (Wildman–Crippen LogP) is 4.38. The van der Waals surface area contributed by atoms with Gasteiger partial charge in [-0.2, -0.15) is 0 Å². The third kappa shape index (κ3) is 5.41. The Morgan fingerprint density at radius 1 is 1.00 bits per heavy atom. The van der Waals surface area contributed by atoms with Crippen LogP contribution >= 0.6 is 0 Å². The van der Waals surface area contributed by atoms with Crippen LogP contribution in [0.1, 0.15) is 30.6 Å². The van der Waals surface area contributed by atoms with Crippen LogP contribution in [0, 0.1) is 5.92 Å². The molecule has 0 radical (unpaired) electrons. The van der Waals surface area contributed by atoms with Crippen LogP contribution in [-0.4, -0.2) is 26.7 Å². The van der Waals surface area contributed by atoms with Gasteiger partial charge in [0.15, 0.2) is 0 Å². The fraction of sp³-hybridized carbons (Fsp3) is 0.350. The topological polar surface area (TPSA) is 56.8 Å². The number of hydrogen-bond donors (Lipinski definition) is 1. The molecule has 0 aliphatic rings. The zero-order chi connectivity index (χ0) is 18.2. The van der Waals surface area contributed by atoms with E-state index < -0.39 is 0 Å². The highest BCUT2D eigenvalue weighted by atomic mass is 16.5. The number of amides is 1. The molecule has 0 aliphatic heterocycles. The summed E-state index contributed by atoms with van der Waals surface area (Å²) in [6.45, 7) is 5.01. The van der Waals surface area contributed by atoms with Crippen molar-refractivity contribution in [2.75, 3.05) is 26.1 Å². The van der Waals surface area contributed by atoms with E-state index in [1.807, 2.05) is 24.3 Å². The Labute approximate surface area is 148 Å². The summed E-state index contributed by atoms with van der Waals surface area (Å²) >= 11 is 0. The molecule has 5 heteroatoms. The van der Waals surface area contributed by atoms with Crippen LogP contribution < -0.4 is 19.5 Å². The Kier molecular flexibility index (Phi) is 6.69. The second-order valence-corrected chi connectivity index (χ2v) is 6.08. The van der Waals surface area contributed by atoms with Gasteiger partial charge in [-0.05, 0) is 48.7 Å². The van der Waals surface area contributed by atoms with Crippen LogP contribution in [-0.2, 0) is 0 Å². The molecule has 0 unspecified atom stereocenters. The molecule has 0 aliphatic carbocycles. The van der Waals surface area contributed by atoms with E-state index in [-0.39, 0.29) is 5.91 Å². The maximum atomic E-state index is 12.5. The van der Waals surface area contributed by atoms with Crippen molar-refractivity contribution in [1.82, 2.24) is 0 Å². The SMILES string of the molecule is COc1ccc(C(=O)Nc2ccc(OCCC(C)C)cc2)c(OC)c1. The van der Waals surface area contributed by atoms with Gasteiger partial charge in [-0.25, -0.2) is 0 Å². The highest BCUT2D eigenvalue weighted by Gasteiger charge is 2.13. The van der Waals surface area contributed by atoms with Crippen molar-refractivity contribution >= 4 is 11.6 Å². The van der Waals surface area contributed by atoms with Crippen LogP contribution in [0.25, 0.3) is 0 Å². The molecule has 2 aromatic rings. The van der Waals surface area contributed by atoms with Gasteiger partial charge in [0.1, 0.15) is 17.2 Å². The van der Waals surface area contributed by atoms with Crippen LogP contribution in [0.5, 0.6) is 17.2 Å². The lowest BCUT2D eigenvalue weighted by atomic mass is 10.1. The van der Waals surface area contributed by atoms with Gasteiger partial charge in [-0.15, -0.1) is 0 Å². The molecule has 134 valence electrons. The number of nitrogens with one attached hydrogen (secondary N) is 1. The Morgan fingerprint density at radius 2 is 1.68 bits per heavy atom. The first-order valence-corrected chi connectivity index (χ1v) is 8.29. The van der Waals surface area contributed by atoms with Gasteiger partial charge in [0.05, 0.1) is 26.4 Å². The molecule has 2 aromatic carbocycles. The van der Waals surface area contributed by atoms with E-state index in [0.717, 1.165) is 12.2 Å². The maximum absolute atomic E-state index is 12.5. The fourth-order valence-electron chi connectivity index (χ4n) is 2.23. The lowest BCUT2D eigenvalue weighted by Gasteiger charge is -2.12. The Hall–Kier alpha value is -2.69. The van der Waals surface area contributed by atoms with Crippen molar-refractivity contribution in [2.24, 2.45) is 5.92 Å². The first-order valence-electron chi connectivity index (χ1n) is 8.29. The molecular weight excluding hydrogens is 318 g/mol. The molecule has 0 fully saturated rings. The Morgan fingerprint density at radius 3 is 2.28 bits per heavy atom. The number of benzene rings is 2. The lowest BCUT2D eigenvalue weighted by molar-refractivity contribution is 0.102. The molecule has 2 rings (SSSR count). The Bertz CT molecular complexity index is 695. The van der Waals surface area contributed by atoms with Crippen molar-refractivity contribution in [2.45, 2.75) is 20.3 Å². The third-order valence-electron chi connectivity index (χ3n) is 3.73. The van der Waals surface area contributed by atoms with Crippen LogP contribution in [0.3, 0.4) is 0 Å². The number of rotatable bonds is 8. The number of methoxy groups -OCH3 is 2. The van der Waals surface area contributed by atoms with Gasteiger partial charge in [0, 0.05) is 11.8 Å². The number of carbonyl (C=O) groups is 1. The summed E-state index contributed by atoms with van der Waals surface area (Å²) in [6.07, 6.45) is 1.01. The van der Waals surface area contributed by atoms with Crippen molar-refractivity contribution in [1.29, 1.82) is 0 Å². The van der Waals surface area contributed by atoms with Crippen molar-refractivity contribution < 1.29 is 19.0 Å². The highest BCUT2D eigenvalue weighted by Crippen LogP contribution is 2.25. The molecule has 0 atom stereocenters. The molecule has 1 amide bonds. The molecule has 0 saturated heterocycles. The largest absolute Gasteiger partial charge is 0.497 e. The molecule has 0 heterocycles. The van der Waals surface area contributed by atoms with E-state index in [1.165, 1.54) is 7.11 Å². The van der Waals surface area contributed by atoms with E-state index in [1.54, 1.807) is 25.3 Å². The quantitative estimate of drug-likeness (QED) is 0.773. The van der Waals surface area contributed by atoms with Gasteiger partial charge < -0.3 is 19.5 Å². The number of anilines is 1. The second-order valence-electron chi connectivity index (χ2n) is 6.08. The van der Waals surface area contributed by atoms with E-state index in [4.69, 9.17) is 14.2 Å². The highest BCUT2D eigenvalue weighted by molar-refractivity contribution is 6.06. The maximum Gasteiger partial charge on any atom is 0.259 e. The average Bonchev–Trinajstić information content (AvgIpc) is 2.62. The summed E-state index contributed by atoms with van der Waals surface area (Å²) in [6, 6.07) is 12.4. The molecule has 0 saturated carbocycles. The van der Waals surface area contributed by atoms with Gasteiger partial charge >= 0.3 is 0 Å². The first kappa shape index (κ1) is 18.6. The predicted molar refractivity (Wildman–Crippen MR) is 98.9 cm³/mol. The van der Waals surface area contributed by atoms with Crippen molar-refractivity contribution in [3.05, 3.63) is 48.0 Å². The standard InChI is InChI=1S/C20H25NO4/c1-14(2)11-12-25-16-7-5-15(6-8-16)21-20(22)18-10-9-17(23-3)13-19(18)24-4/h5-10,13-14H,11-12H2,1-4H3,(H,21,22). The second kappa shape index (κ2) is 8.97. The summed E-state index contributed by atoms with van der Waals surface area (Å²) in [7, 11) is 3.09. The normalized spacial score (nSPS) is 10.4. The summed E-state index contributed by atoms with van der Waals surface area (Å²) in [5.74, 6) is 2.26. The minimum atomic E-state index is -0.243. The summed E-state index contributed by atoms with van der Waals surface area (Å²) in [5.41, 5.74) is 1.14. The molecule has 5 nitrogen and oxygen atoms in total. The fourth-order valence-corrected chi connectivity index (χ4v) is 2.23. The molecule has 1 N–H and O–H groups in total. The zero-order valence-corrected chi connectivity index (χ0v) is 15.2. The van der Waals surface area contributed by atoms with E-state index in [0.29, 0.717) is 35.3 Å². The summed E-state index contributed by atoms with van der Waals surface area (Å²) in [5, 5.41) is 2.86. The van der Waals surface area contributed by atoms with E-state index >= 15 is 0 Å². The lowest BCUT2D eigenvalue weighted by Crippen LogP contribution is -2.13. The third-order valence-corrected chi connectivity index (χ3v) is 3.73. The Balaban J connectivity index is 2.01. The molecular formula is C20H25NO4.